The van der Waals surface area contributed by atoms with Crippen molar-refractivity contribution in [2.45, 2.75) is 45.3 Å². The number of fused-ring (bicyclic) bond motifs is 1. The molecule has 1 saturated heterocycles. The molecule has 0 bridgehead atoms. The molecular weight excluding hydrogens is 265 g/mol. The summed E-state index contributed by atoms with van der Waals surface area (Å²) in [6.07, 6.45) is 2.74. The molecule has 0 spiro atoms. The molecule has 4 heteroatoms. The van der Waals surface area contributed by atoms with Gasteiger partial charge in [0.05, 0.1) is 11.0 Å². The van der Waals surface area contributed by atoms with Gasteiger partial charge in [-0.3, -0.25) is 0 Å². The van der Waals surface area contributed by atoms with Gasteiger partial charge in [-0.25, -0.2) is 9.37 Å². The second-order valence-corrected chi connectivity index (χ2v) is 5.99. The van der Waals surface area contributed by atoms with Crippen LogP contribution < -0.4 is 5.32 Å². The fourth-order valence-electron chi connectivity index (χ4n) is 3.28. The van der Waals surface area contributed by atoms with E-state index >= 15 is 0 Å². The van der Waals surface area contributed by atoms with Gasteiger partial charge in [0.1, 0.15) is 12.0 Å². The minimum absolute atomic E-state index is 0.133. The molecule has 3 rings (SSSR count). The molecular formula is C17H24FN3. The van der Waals surface area contributed by atoms with E-state index in [4.69, 9.17) is 0 Å². The van der Waals surface area contributed by atoms with Crippen molar-refractivity contribution in [2.75, 3.05) is 13.1 Å². The third-order valence-corrected chi connectivity index (χ3v) is 4.40. The summed E-state index contributed by atoms with van der Waals surface area (Å²) in [5.41, 5.74) is 2.11. The summed E-state index contributed by atoms with van der Waals surface area (Å²) >= 11 is 0. The van der Waals surface area contributed by atoms with Crippen molar-refractivity contribution in [1.29, 1.82) is 0 Å². The highest BCUT2D eigenvalue weighted by molar-refractivity contribution is 5.75. The molecule has 1 fully saturated rings. The number of aryl methyl sites for hydroxylation is 1. The lowest BCUT2D eigenvalue weighted by Crippen LogP contribution is -2.36. The van der Waals surface area contributed by atoms with Crippen LogP contribution in [0.2, 0.25) is 0 Å². The highest BCUT2D eigenvalue weighted by atomic mass is 19.1. The second kappa shape index (κ2) is 6.56. The first-order valence-corrected chi connectivity index (χ1v) is 8.08. The molecule has 1 aliphatic heterocycles. The molecule has 2 unspecified atom stereocenters. The molecule has 2 atom stereocenters. The van der Waals surface area contributed by atoms with E-state index < -0.39 is 6.17 Å². The maximum Gasteiger partial charge on any atom is 0.112 e. The molecule has 0 aliphatic carbocycles. The van der Waals surface area contributed by atoms with Crippen molar-refractivity contribution < 1.29 is 4.39 Å². The van der Waals surface area contributed by atoms with Gasteiger partial charge in [0.2, 0.25) is 0 Å². The Bertz CT molecular complexity index is 587. The normalized spacial score (nSPS) is 20.8. The van der Waals surface area contributed by atoms with Crippen molar-refractivity contribution in [1.82, 2.24) is 14.9 Å². The molecule has 3 nitrogen and oxygen atoms in total. The number of nitrogens with one attached hydrogen (secondary N) is 1. The molecule has 1 N–H and O–H groups in total. The number of imidazole rings is 1. The molecule has 21 heavy (non-hydrogen) atoms. The quantitative estimate of drug-likeness (QED) is 0.915. The molecule has 2 heterocycles. The smallest absolute Gasteiger partial charge is 0.112 e. The lowest BCUT2D eigenvalue weighted by molar-refractivity contribution is 0.187. The van der Waals surface area contributed by atoms with Gasteiger partial charge in [0.15, 0.2) is 0 Å². The summed E-state index contributed by atoms with van der Waals surface area (Å²) in [7, 11) is 0. The Balaban J connectivity index is 1.83. The predicted molar refractivity (Wildman–Crippen MR) is 84.2 cm³/mol. The third-order valence-electron chi connectivity index (χ3n) is 4.40. The van der Waals surface area contributed by atoms with Crippen LogP contribution in [0, 0.1) is 5.92 Å². The summed E-state index contributed by atoms with van der Waals surface area (Å²) in [5.74, 6) is 1.03. The Kier molecular flexibility index (Phi) is 4.54. The van der Waals surface area contributed by atoms with Crippen molar-refractivity contribution >= 4 is 11.0 Å². The zero-order chi connectivity index (χ0) is 14.7. The standard InChI is InChI=1S/C17H24FN3/c1-2-10-21-16-8-4-3-7-15(16)20-17(21)11-14(18)13-6-5-9-19-12-13/h3-4,7-8,13-14,19H,2,5-6,9-12H2,1H3. The monoisotopic (exact) mass is 289 g/mol. The molecule has 0 saturated carbocycles. The van der Waals surface area contributed by atoms with Gasteiger partial charge < -0.3 is 9.88 Å². The average Bonchev–Trinajstić information content (AvgIpc) is 2.86. The predicted octanol–water partition coefficient (Wildman–Crippen LogP) is 3.33. The van der Waals surface area contributed by atoms with Gasteiger partial charge in [-0.2, -0.15) is 0 Å². The summed E-state index contributed by atoms with van der Waals surface area (Å²) in [4.78, 5) is 4.67. The van der Waals surface area contributed by atoms with Crippen LogP contribution in [0.5, 0.6) is 0 Å². The zero-order valence-corrected chi connectivity index (χ0v) is 12.7. The van der Waals surface area contributed by atoms with E-state index in [1.807, 2.05) is 18.2 Å². The number of rotatable bonds is 5. The van der Waals surface area contributed by atoms with Gasteiger partial charge in [0.25, 0.3) is 0 Å². The topological polar surface area (TPSA) is 29.9 Å². The SMILES string of the molecule is CCCn1c(CC(F)C2CCCNC2)nc2ccccc21. The molecule has 1 aromatic heterocycles. The fourth-order valence-corrected chi connectivity index (χ4v) is 3.28. The molecule has 114 valence electrons. The van der Waals surface area contributed by atoms with E-state index in [2.05, 4.69) is 27.9 Å². The summed E-state index contributed by atoms with van der Waals surface area (Å²) in [6, 6.07) is 8.11. The number of nitrogens with zero attached hydrogens (tertiary/aromatic N) is 2. The van der Waals surface area contributed by atoms with E-state index in [0.717, 1.165) is 55.8 Å². The van der Waals surface area contributed by atoms with Crippen LogP contribution in [0.1, 0.15) is 32.0 Å². The summed E-state index contributed by atoms with van der Waals surface area (Å²) in [5, 5.41) is 3.30. The van der Waals surface area contributed by atoms with E-state index in [-0.39, 0.29) is 5.92 Å². The first kappa shape index (κ1) is 14.5. The lowest BCUT2D eigenvalue weighted by Gasteiger charge is -2.25. The number of alkyl halides is 1. The van der Waals surface area contributed by atoms with Gasteiger partial charge >= 0.3 is 0 Å². The van der Waals surface area contributed by atoms with Crippen LogP contribution in [-0.2, 0) is 13.0 Å². The van der Waals surface area contributed by atoms with E-state index in [0.29, 0.717) is 6.42 Å². The van der Waals surface area contributed by atoms with E-state index in [1.165, 1.54) is 0 Å². The van der Waals surface area contributed by atoms with Crippen LogP contribution in [-0.4, -0.2) is 28.8 Å². The van der Waals surface area contributed by atoms with Gasteiger partial charge in [-0.15, -0.1) is 0 Å². The highest BCUT2D eigenvalue weighted by Crippen LogP contribution is 2.23. The van der Waals surface area contributed by atoms with Crippen molar-refractivity contribution in [3.63, 3.8) is 0 Å². The van der Waals surface area contributed by atoms with Crippen LogP contribution in [0.15, 0.2) is 24.3 Å². The Hall–Kier alpha value is -1.42. The number of halogens is 1. The summed E-state index contributed by atoms with van der Waals surface area (Å²) in [6.45, 7) is 4.88. The Morgan fingerprint density at radius 3 is 3.05 bits per heavy atom. The molecule has 1 aliphatic rings. The van der Waals surface area contributed by atoms with Gasteiger partial charge in [-0.1, -0.05) is 19.1 Å². The minimum atomic E-state index is -0.801. The van der Waals surface area contributed by atoms with Crippen LogP contribution >= 0.6 is 0 Å². The molecule has 1 aromatic carbocycles. The summed E-state index contributed by atoms with van der Waals surface area (Å²) < 4.78 is 16.8. The first-order valence-electron chi connectivity index (χ1n) is 8.08. The lowest BCUT2D eigenvalue weighted by atomic mass is 9.93. The Labute approximate surface area is 125 Å². The number of hydrogen-bond donors (Lipinski definition) is 1. The van der Waals surface area contributed by atoms with E-state index in [9.17, 15) is 4.39 Å². The minimum Gasteiger partial charge on any atom is -0.328 e. The number of aromatic nitrogens is 2. The maximum atomic E-state index is 14.6. The van der Waals surface area contributed by atoms with Crippen LogP contribution in [0.3, 0.4) is 0 Å². The third kappa shape index (κ3) is 3.10. The van der Waals surface area contributed by atoms with Crippen molar-refractivity contribution in [2.24, 2.45) is 5.92 Å². The van der Waals surface area contributed by atoms with Gasteiger partial charge in [-0.05, 0) is 37.9 Å². The number of hydrogen-bond acceptors (Lipinski definition) is 2. The molecule has 0 radical (unpaired) electrons. The largest absolute Gasteiger partial charge is 0.328 e. The zero-order valence-electron chi connectivity index (χ0n) is 12.7. The Morgan fingerprint density at radius 2 is 2.29 bits per heavy atom. The molecule has 0 amide bonds. The second-order valence-electron chi connectivity index (χ2n) is 5.99. The number of piperidine rings is 1. The first-order chi connectivity index (χ1) is 10.3. The van der Waals surface area contributed by atoms with Gasteiger partial charge in [0, 0.05) is 25.4 Å². The average molecular weight is 289 g/mol. The number of para-hydroxylation sites is 2. The van der Waals surface area contributed by atoms with Crippen LogP contribution in [0.4, 0.5) is 4.39 Å². The van der Waals surface area contributed by atoms with Crippen LogP contribution in [0.25, 0.3) is 11.0 Å². The number of benzene rings is 1. The van der Waals surface area contributed by atoms with E-state index in [1.54, 1.807) is 0 Å². The molecule has 2 aromatic rings. The highest BCUT2D eigenvalue weighted by Gasteiger charge is 2.25. The maximum absolute atomic E-state index is 14.6. The fraction of sp³-hybridized carbons (Fsp3) is 0.588. The Morgan fingerprint density at radius 1 is 1.43 bits per heavy atom. The van der Waals surface area contributed by atoms with Crippen molar-refractivity contribution in [3.05, 3.63) is 30.1 Å². The van der Waals surface area contributed by atoms with Crippen molar-refractivity contribution in [3.8, 4) is 0 Å².